The summed E-state index contributed by atoms with van der Waals surface area (Å²) in [6.07, 6.45) is 1.45. The zero-order chi connectivity index (χ0) is 26.1. The largest absolute Gasteiger partial charge is 0.486 e. The van der Waals surface area contributed by atoms with Gasteiger partial charge in [0, 0.05) is 0 Å². The van der Waals surface area contributed by atoms with E-state index in [1.54, 1.807) is 18.2 Å². The van der Waals surface area contributed by atoms with E-state index >= 15 is 0 Å². The van der Waals surface area contributed by atoms with Gasteiger partial charge in [0.05, 0.1) is 23.7 Å². The summed E-state index contributed by atoms with van der Waals surface area (Å²) in [7, 11) is 1.22. The summed E-state index contributed by atoms with van der Waals surface area (Å²) in [5, 5.41) is 2.95. The Morgan fingerprint density at radius 3 is 2.59 bits per heavy atom. The Balaban J connectivity index is 1.28. The molecule has 37 heavy (non-hydrogen) atoms. The van der Waals surface area contributed by atoms with Crippen molar-refractivity contribution in [3.05, 3.63) is 80.9 Å². The van der Waals surface area contributed by atoms with Gasteiger partial charge in [-0.05, 0) is 53.6 Å². The Kier molecular flexibility index (Phi) is 6.68. The van der Waals surface area contributed by atoms with Gasteiger partial charge in [-0.3, -0.25) is 9.69 Å². The topological polar surface area (TPSA) is 117 Å². The molecule has 2 aliphatic rings. The van der Waals surface area contributed by atoms with E-state index in [0.717, 1.165) is 10.5 Å². The smallest absolute Gasteiger partial charge is 0.373 e. The lowest BCUT2D eigenvalue weighted by atomic mass is 10.1. The number of furan rings is 1. The fourth-order valence-electron chi connectivity index (χ4n) is 3.70. The number of imide groups is 1. The fraction of sp³-hybridized carbons (Fsp3) is 0.160. The average molecular weight is 545 g/mol. The van der Waals surface area contributed by atoms with Crippen molar-refractivity contribution in [1.29, 1.82) is 0 Å². The highest BCUT2D eigenvalue weighted by molar-refractivity contribution is 6.37. The molecule has 0 spiro atoms. The van der Waals surface area contributed by atoms with Crippen LogP contribution in [0.25, 0.3) is 6.08 Å². The van der Waals surface area contributed by atoms with Crippen molar-refractivity contribution in [1.82, 2.24) is 10.2 Å². The van der Waals surface area contributed by atoms with Crippen LogP contribution < -0.4 is 19.5 Å². The molecule has 10 nitrogen and oxygen atoms in total. The van der Waals surface area contributed by atoms with Crippen LogP contribution in [0.4, 0.5) is 4.79 Å². The maximum absolute atomic E-state index is 12.8. The van der Waals surface area contributed by atoms with Gasteiger partial charge in [0.1, 0.15) is 18.1 Å². The third kappa shape index (κ3) is 5.07. The number of esters is 1. The van der Waals surface area contributed by atoms with Crippen molar-refractivity contribution >= 4 is 47.2 Å². The summed E-state index contributed by atoms with van der Waals surface area (Å²) in [5.41, 5.74) is 1.32. The van der Waals surface area contributed by atoms with Crippen LogP contribution in [0.3, 0.4) is 0 Å². The van der Waals surface area contributed by atoms with Gasteiger partial charge in [0.25, 0.3) is 5.91 Å². The lowest BCUT2D eigenvalue weighted by Gasteiger charge is -2.12. The highest BCUT2D eigenvalue weighted by Crippen LogP contribution is 2.37. The monoisotopic (exact) mass is 544 g/mol. The first-order valence-electron chi connectivity index (χ1n) is 10.8. The molecule has 3 amide bonds. The summed E-state index contributed by atoms with van der Waals surface area (Å²) in [6, 6.07) is 10.8. The van der Waals surface area contributed by atoms with Crippen molar-refractivity contribution in [2.75, 3.05) is 13.9 Å². The first kappa shape index (κ1) is 24.5. The number of halogens is 2. The van der Waals surface area contributed by atoms with Gasteiger partial charge in [-0.25, -0.2) is 9.59 Å². The highest BCUT2D eigenvalue weighted by Gasteiger charge is 2.34. The number of nitrogens with one attached hydrogen (secondary N) is 1. The van der Waals surface area contributed by atoms with Crippen LogP contribution in [0, 0.1) is 0 Å². The van der Waals surface area contributed by atoms with Crippen LogP contribution in [0.2, 0.25) is 10.0 Å². The lowest BCUT2D eigenvalue weighted by Crippen LogP contribution is -2.30. The molecule has 0 bridgehead atoms. The zero-order valence-corrected chi connectivity index (χ0v) is 20.7. The normalized spacial score (nSPS) is 15.3. The van der Waals surface area contributed by atoms with E-state index in [-0.39, 0.29) is 53.0 Å². The van der Waals surface area contributed by atoms with E-state index in [9.17, 15) is 14.4 Å². The molecule has 2 aliphatic heterocycles. The Morgan fingerprint density at radius 1 is 1.08 bits per heavy atom. The third-order valence-corrected chi connectivity index (χ3v) is 6.04. The number of nitrogens with zero attached hydrogens (tertiary/aromatic N) is 1. The minimum Gasteiger partial charge on any atom is -0.486 e. The van der Waals surface area contributed by atoms with E-state index in [4.69, 9.17) is 41.8 Å². The van der Waals surface area contributed by atoms with E-state index in [1.807, 2.05) is 12.1 Å². The summed E-state index contributed by atoms with van der Waals surface area (Å²) in [4.78, 5) is 37.7. The number of fused-ring (bicyclic) bond motifs is 1. The summed E-state index contributed by atoms with van der Waals surface area (Å²) in [6.45, 7) is 0.186. The third-order valence-electron chi connectivity index (χ3n) is 5.48. The lowest BCUT2D eigenvalue weighted by molar-refractivity contribution is -0.123. The van der Waals surface area contributed by atoms with Gasteiger partial charge in [0.15, 0.2) is 17.2 Å². The highest BCUT2D eigenvalue weighted by atomic mass is 35.5. The molecular weight excluding hydrogens is 527 g/mol. The maximum atomic E-state index is 12.8. The minimum absolute atomic E-state index is 0.0194. The summed E-state index contributed by atoms with van der Waals surface area (Å²) >= 11 is 12.8. The minimum atomic E-state index is -0.666. The zero-order valence-electron chi connectivity index (χ0n) is 19.2. The van der Waals surface area contributed by atoms with Crippen LogP contribution in [-0.4, -0.2) is 36.7 Å². The maximum Gasteiger partial charge on any atom is 0.373 e. The molecule has 3 aromatic rings. The van der Waals surface area contributed by atoms with Gasteiger partial charge in [-0.2, -0.15) is 0 Å². The van der Waals surface area contributed by atoms with Gasteiger partial charge in [-0.1, -0.05) is 29.3 Å². The summed E-state index contributed by atoms with van der Waals surface area (Å²) in [5.74, 6) is 0.516. The van der Waals surface area contributed by atoms with Crippen molar-refractivity contribution in [3.8, 4) is 17.2 Å². The van der Waals surface area contributed by atoms with E-state index in [0.29, 0.717) is 17.1 Å². The SMILES string of the molecule is COC(=O)c1ccc(CN2C(=O)N/C(=C\c3cc(Cl)c(OCc4ccc5c(c4)OCO5)c(Cl)c3)C2=O)o1. The number of amides is 3. The summed E-state index contributed by atoms with van der Waals surface area (Å²) < 4.78 is 26.4. The molecule has 0 radical (unpaired) electrons. The van der Waals surface area contributed by atoms with Crippen molar-refractivity contribution in [3.63, 3.8) is 0 Å². The molecule has 0 atom stereocenters. The standard InChI is InChI=1S/C25H18Cl2N2O8/c1-33-24(31)20-5-3-15(37-20)10-29-23(30)18(28-25(29)32)8-14-6-16(26)22(17(27)7-14)34-11-13-2-4-19-21(9-13)36-12-35-19/h2-9H,10-12H2,1H3,(H,28,32)/b18-8-. The predicted molar refractivity (Wildman–Crippen MR) is 130 cm³/mol. The Morgan fingerprint density at radius 2 is 1.84 bits per heavy atom. The molecular formula is C25H18Cl2N2O8. The second kappa shape index (κ2) is 10.1. The molecule has 12 heteroatoms. The molecule has 2 aromatic carbocycles. The molecule has 1 N–H and O–H groups in total. The number of hydrogen-bond acceptors (Lipinski definition) is 8. The molecule has 1 fully saturated rings. The number of hydrogen-bond donors (Lipinski definition) is 1. The van der Waals surface area contributed by atoms with E-state index in [1.165, 1.54) is 25.3 Å². The molecule has 190 valence electrons. The van der Waals surface area contributed by atoms with Crippen LogP contribution in [0.15, 0.2) is 52.6 Å². The number of carbonyl (C=O) groups excluding carboxylic acids is 3. The van der Waals surface area contributed by atoms with E-state index in [2.05, 4.69) is 10.1 Å². The van der Waals surface area contributed by atoms with Crippen molar-refractivity contribution in [2.45, 2.75) is 13.2 Å². The number of urea groups is 1. The quantitative estimate of drug-likeness (QED) is 0.256. The second-order valence-electron chi connectivity index (χ2n) is 7.93. The molecule has 0 unspecified atom stereocenters. The Hall–Kier alpha value is -4.15. The van der Waals surface area contributed by atoms with Crippen LogP contribution in [0.5, 0.6) is 17.2 Å². The number of methoxy groups -OCH3 is 1. The molecule has 1 aromatic heterocycles. The van der Waals surface area contributed by atoms with Gasteiger partial charge in [-0.15, -0.1) is 0 Å². The average Bonchev–Trinajstić information content (AvgIpc) is 3.59. The van der Waals surface area contributed by atoms with Gasteiger partial charge >= 0.3 is 12.0 Å². The number of rotatable bonds is 7. The second-order valence-corrected chi connectivity index (χ2v) is 8.74. The van der Waals surface area contributed by atoms with Crippen LogP contribution in [0.1, 0.15) is 27.4 Å². The first-order valence-corrected chi connectivity index (χ1v) is 11.6. The van der Waals surface area contributed by atoms with Gasteiger partial charge in [0.2, 0.25) is 12.6 Å². The first-order chi connectivity index (χ1) is 17.8. The van der Waals surface area contributed by atoms with Gasteiger partial charge < -0.3 is 28.7 Å². The number of ether oxygens (including phenoxy) is 4. The van der Waals surface area contributed by atoms with Crippen molar-refractivity contribution < 1.29 is 37.7 Å². The fourth-order valence-corrected chi connectivity index (χ4v) is 4.31. The Labute approximate surface area is 220 Å². The molecule has 5 rings (SSSR count). The number of carbonyl (C=O) groups is 3. The molecule has 3 heterocycles. The van der Waals surface area contributed by atoms with Crippen LogP contribution >= 0.6 is 23.2 Å². The Bertz CT molecular complexity index is 1430. The van der Waals surface area contributed by atoms with Crippen molar-refractivity contribution in [2.24, 2.45) is 0 Å². The molecule has 1 saturated heterocycles. The molecule has 0 saturated carbocycles. The number of benzene rings is 2. The van der Waals surface area contributed by atoms with E-state index < -0.39 is 17.9 Å². The predicted octanol–water partition coefficient (Wildman–Crippen LogP) is 4.77. The van der Waals surface area contributed by atoms with Crippen LogP contribution in [-0.2, 0) is 22.7 Å². The molecule has 0 aliphatic carbocycles.